The zero-order valence-electron chi connectivity index (χ0n) is 6.50. The maximum absolute atomic E-state index is 9.55. The van der Waals surface area contributed by atoms with Crippen LogP contribution in [0.1, 0.15) is 6.92 Å². The van der Waals surface area contributed by atoms with Crippen LogP contribution < -0.4 is 0 Å². The number of hydrogen-bond donors (Lipinski definition) is 0. The molecule has 0 saturated carbocycles. The molecule has 0 saturated heterocycles. The maximum Gasteiger partial charge on any atom is 0.235 e. The Morgan fingerprint density at radius 1 is 1.73 bits per heavy atom. The van der Waals surface area contributed by atoms with Gasteiger partial charge in [0.05, 0.1) is 18.9 Å². The molecule has 0 rings (SSSR count). The van der Waals surface area contributed by atoms with E-state index in [0.29, 0.717) is 18.9 Å². The minimum absolute atomic E-state index is 0.156. The van der Waals surface area contributed by atoms with Crippen molar-refractivity contribution < 1.29 is 14.3 Å². The lowest BCUT2D eigenvalue weighted by molar-refractivity contribution is -0.0186. The van der Waals surface area contributed by atoms with Crippen LogP contribution in [0.3, 0.4) is 0 Å². The van der Waals surface area contributed by atoms with Gasteiger partial charge in [0.1, 0.15) is 0 Å². The highest BCUT2D eigenvalue weighted by atomic mass is 16.7. The molecule has 0 bridgehead atoms. The Morgan fingerprint density at radius 3 is 3.00 bits per heavy atom. The van der Waals surface area contributed by atoms with E-state index in [4.69, 9.17) is 9.47 Å². The minimum atomic E-state index is 0.156. The molecule has 0 radical (unpaired) electrons. The van der Waals surface area contributed by atoms with Crippen molar-refractivity contribution in [2.24, 2.45) is 4.99 Å². The average Bonchev–Trinajstić information content (AvgIpc) is 1.96. The van der Waals surface area contributed by atoms with E-state index < -0.39 is 0 Å². The molecule has 0 aromatic carbocycles. The first kappa shape index (κ1) is 9.88. The van der Waals surface area contributed by atoms with Crippen molar-refractivity contribution >= 4 is 6.08 Å². The molecule has 62 valence electrons. The second-order valence-electron chi connectivity index (χ2n) is 1.85. The van der Waals surface area contributed by atoms with Crippen LogP contribution in [0.2, 0.25) is 0 Å². The smallest absolute Gasteiger partial charge is 0.235 e. The van der Waals surface area contributed by atoms with Crippen LogP contribution in [0.5, 0.6) is 0 Å². The highest BCUT2D eigenvalue weighted by molar-refractivity contribution is 5.32. The van der Waals surface area contributed by atoms with Crippen molar-refractivity contribution in [3.63, 3.8) is 0 Å². The molecule has 11 heavy (non-hydrogen) atoms. The Balaban J connectivity index is 3.02. The topological polar surface area (TPSA) is 47.9 Å². The van der Waals surface area contributed by atoms with Crippen LogP contribution in [0.15, 0.2) is 17.3 Å². The summed E-state index contributed by atoms with van der Waals surface area (Å²) in [5.74, 6) is 0.601. The first-order chi connectivity index (χ1) is 5.27. The standard InChI is InChI=1S/C7H11NO3/c1-7(2)11-6-10-4-3-8-5-9/h1,3-4,6H2,2H3. The van der Waals surface area contributed by atoms with Gasteiger partial charge in [0.15, 0.2) is 6.79 Å². The largest absolute Gasteiger partial charge is 0.473 e. The van der Waals surface area contributed by atoms with Crippen LogP contribution in [-0.4, -0.2) is 26.0 Å². The number of ether oxygens (including phenoxy) is 2. The summed E-state index contributed by atoms with van der Waals surface area (Å²) in [4.78, 5) is 12.8. The lowest BCUT2D eigenvalue weighted by Crippen LogP contribution is -2.02. The van der Waals surface area contributed by atoms with Gasteiger partial charge in [-0.3, -0.25) is 0 Å². The number of nitrogens with zero attached hydrogens (tertiary/aromatic N) is 1. The van der Waals surface area contributed by atoms with Crippen molar-refractivity contribution in [2.75, 3.05) is 19.9 Å². The Labute approximate surface area is 65.5 Å². The van der Waals surface area contributed by atoms with Gasteiger partial charge in [-0.25, -0.2) is 9.79 Å². The van der Waals surface area contributed by atoms with Crippen molar-refractivity contribution in [1.82, 2.24) is 0 Å². The maximum atomic E-state index is 9.55. The Kier molecular flexibility index (Phi) is 6.28. The molecule has 0 fully saturated rings. The molecule has 0 aliphatic heterocycles. The fraction of sp³-hybridized carbons (Fsp3) is 0.571. The first-order valence-corrected chi connectivity index (χ1v) is 3.17. The van der Waals surface area contributed by atoms with E-state index in [9.17, 15) is 4.79 Å². The van der Waals surface area contributed by atoms with Crippen molar-refractivity contribution in [3.05, 3.63) is 12.3 Å². The van der Waals surface area contributed by atoms with Crippen LogP contribution in [0.25, 0.3) is 0 Å². The minimum Gasteiger partial charge on any atom is -0.473 e. The molecular weight excluding hydrogens is 146 g/mol. The van der Waals surface area contributed by atoms with Crippen LogP contribution in [-0.2, 0) is 14.3 Å². The lowest BCUT2D eigenvalue weighted by atomic mass is 10.7. The van der Waals surface area contributed by atoms with Crippen molar-refractivity contribution in [1.29, 1.82) is 0 Å². The highest BCUT2D eigenvalue weighted by Crippen LogP contribution is 1.89. The van der Waals surface area contributed by atoms with Crippen LogP contribution in [0.4, 0.5) is 0 Å². The predicted molar refractivity (Wildman–Crippen MR) is 39.7 cm³/mol. The van der Waals surface area contributed by atoms with E-state index in [0.717, 1.165) is 0 Å². The molecule has 4 nitrogen and oxygen atoms in total. The Hall–Kier alpha value is -1.12. The molecular formula is C7H11NO3. The fourth-order valence-electron chi connectivity index (χ4n) is 0.357. The van der Waals surface area contributed by atoms with Gasteiger partial charge in [0.2, 0.25) is 6.08 Å². The van der Waals surface area contributed by atoms with Gasteiger partial charge in [-0.15, -0.1) is 0 Å². The molecule has 0 spiro atoms. The molecule has 0 heterocycles. The molecule has 0 atom stereocenters. The van der Waals surface area contributed by atoms with Gasteiger partial charge in [0.25, 0.3) is 0 Å². The number of carbonyl (C=O) groups excluding carboxylic acids is 1. The van der Waals surface area contributed by atoms with Gasteiger partial charge in [-0.2, -0.15) is 0 Å². The number of aliphatic imine (C=N–C) groups is 1. The second kappa shape index (κ2) is 6.99. The summed E-state index contributed by atoms with van der Waals surface area (Å²) in [6.45, 7) is 6.07. The summed E-state index contributed by atoms with van der Waals surface area (Å²) in [6.07, 6.45) is 1.40. The average molecular weight is 157 g/mol. The van der Waals surface area contributed by atoms with Crippen molar-refractivity contribution in [3.8, 4) is 0 Å². The number of isocyanates is 1. The van der Waals surface area contributed by atoms with E-state index in [1.165, 1.54) is 6.08 Å². The summed E-state index contributed by atoms with van der Waals surface area (Å²) < 4.78 is 9.76. The third-order valence-corrected chi connectivity index (χ3v) is 0.801. The van der Waals surface area contributed by atoms with E-state index in [-0.39, 0.29) is 6.79 Å². The summed E-state index contributed by atoms with van der Waals surface area (Å²) in [5.41, 5.74) is 0. The number of rotatable bonds is 6. The van der Waals surface area contributed by atoms with E-state index >= 15 is 0 Å². The summed E-state index contributed by atoms with van der Waals surface area (Å²) in [7, 11) is 0. The highest BCUT2D eigenvalue weighted by Gasteiger charge is 1.86. The van der Waals surface area contributed by atoms with Gasteiger partial charge in [-0.05, 0) is 6.92 Å². The van der Waals surface area contributed by atoms with Crippen LogP contribution in [0, 0.1) is 0 Å². The van der Waals surface area contributed by atoms with E-state index in [1.807, 2.05) is 0 Å². The molecule has 0 aliphatic rings. The van der Waals surface area contributed by atoms with Gasteiger partial charge in [-0.1, -0.05) is 6.58 Å². The summed E-state index contributed by atoms with van der Waals surface area (Å²) in [5, 5.41) is 0. The monoisotopic (exact) mass is 157 g/mol. The zero-order chi connectivity index (χ0) is 8.53. The zero-order valence-corrected chi connectivity index (χ0v) is 6.50. The molecule has 0 amide bonds. The SMILES string of the molecule is C=C(C)OCOCCN=C=O. The van der Waals surface area contributed by atoms with Gasteiger partial charge >= 0.3 is 0 Å². The molecule has 0 N–H and O–H groups in total. The van der Waals surface area contributed by atoms with Crippen molar-refractivity contribution in [2.45, 2.75) is 6.92 Å². The summed E-state index contributed by atoms with van der Waals surface area (Å²) >= 11 is 0. The van der Waals surface area contributed by atoms with E-state index in [1.54, 1.807) is 6.92 Å². The Morgan fingerprint density at radius 2 is 2.45 bits per heavy atom. The normalized spacial score (nSPS) is 8.45. The predicted octanol–water partition coefficient (Wildman–Crippen LogP) is 0.847. The third-order valence-electron chi connectivity index (χ3n) is 0.801. The number of allylic oxidation sites excluding steroid dienone is 1. The summed E-state index contributed by atoms with van der Waals surface area (Å²) in [6, 6.07) is 0. The first-order valence-electron chi connectivity index (χ1n) is 3.17. The molecule has 0 aliphatic carbocycles. The van der Waals surface area contributed by atoms with Gasteiger partial charge < -0.3 is 9.47 Å². The third kappa shape index (κ3) is 8.88. The fourth-order valence-corrected chi connectivity index (χ4v) is 0.357. The molecule has 4 heteroatoms. The lowest BCUT2D eigenvalue weighted by Gasteiger charge is -2.03. The second-order valence-corrected chi connectivity index (χ2v) is 1.85. The number of hydrogen-bond acceptors (Lipinski definition) is 4. The van der Waals surface area contributed by atoms with Gasteiger partial charge in [0, 0.05) is 0 Å². The van der Waals surface area contributed by atoms with Crippen LogP contribution >= 0.6 is 0 Å². The Bertz CT molecular complexity index is 157. The molecule has 0 unspecified atom stereocenters. The quantitative estimate of drug-likeness (QED) is 0.189. The van der Waals surface area contributed by atoms with E-state index in [2.05, 4.69) is 11.6 Å². The molecule has 0 aromatic rings. The molecule has 0 aromatic heterocycles.